The molecule has 0 atom stereocenters. The molecule has 0 saturated heterocycles. The van der Waals surface area contributed by atoms with Crippen molar-refractivity contribution in [2.45, 2.75) is 0 Å². The van der Waals surface area contributed by atoms with Crippen molar-refractivity contribution in [1.29, 1.82) is 0 Å². The van der Waals surface area contributed by atoms with Crippen LogP contribution >= 0.6 is 11.6 Å². The zero-order valence-electron chi connectivity index (χ0n) is 7.15. The third kappa shape index (κ3) is 2.98. The highest BCUT2D eigenvalue weighted by molar-refractivity contribution is 7.92. The molecule has 78 valence electrons. The Morgan fingerprint density at radius 3 is 2.71 bits per heavy atom. The Morgan fingerprint density at radius 2 is 2.21 bits per heavy atom. The molecule has 0 aliphatic carbocycles. The standard InChI is InChI=1S/C5H8ClN5O2S/c1-14(12,13)11-3-2-8-5(6)9-4(3)10-7/h2,11H,7H2,1H3,(H,8,9,10). The predicted octanol–water partition coefficient (Wildman–Crippen LogP) is -0.213. The number of rotatable bonds is 3. The first-order valence-electron chi connectivity index (χ1n) is 3.39. The second-order valence-corrected chi connectivity index (χ2v) is 4.51. The minimum Gasteiger partial charge on any atom is -0.307 e. The molecule has 0 unspecified atom stereocenters. The van der Waals surface area contributed by atoms with Crippen LogP contribution in [-0.4, -0.2) is 24.6 Å². The van der Waals surface area contributed by atoms with Crippen molar-refractivity contribution in [3.63, 3.8) is 0 Å². The van der Waals surface area contributed by atoms with Gasteiger partial charge in [0.1, 0.15) is 5.69 Å². The minimum absolute atomic E-state index is 0.0306. The number of nitrogen functional groups attached to an aromatic ring is 1. The van der Waals surface area contributed by atoms with Crippen molar-refractivity contribution in [3.05, 3.63) is 11.5 Å². The van der Waals surface area contributed by atoms with Crippen molar-refractivity contribution < 1.29 is 8.42 Å². The normalized spacial score (nSPS) is 11.1. The average Bonchev–Trinajstić information content (AvgIpc) is 2.06. The summed E-state index contributed by atoms with van der Waals surface area (Å²) < 4.78 is 23.9. The summed E-state index contributed by atoms with van der Waals surface area (Å²) in [5, 5.41) is -0.0306. The van der Waals surface area contributed by atoms with Crippen LogP contribution in [0.15, 0.2) is 6.20 Å². The van der Waals surface area contributed by atoms with Gasteiger partial charge in [-0.3, -0.25) is 4.72 Å². The molecular formula is C5H8ClN5O2S. The van der Waals surface area contributed by atoms with E-state index in [1.165, 1.54) is 6.20 Å². The Morgan fingerprint density at radius 1 is 1.57 bits per heavy atom. The van der Waals surface area contributed by atoms with Crippen LogP contribution in [0.1, 0.15) is 0 Å². The lowest BCUT2D eigenvalue weighted by Crippen LogP contribution is -2.16. The maximum absolute atomic E-state index is 10.9. The van der Waals surface area contributed by atoms with Gasteiger partial charge in [-0.15, -0.1) is 0 Å². The molecule has 7 nitrogen and oxygen atoms in total. The van der Waals surface area contributed by atoms with Gasteiger partial charge >= 0.3 is 0 Å². The topological polar surface area (TPSA) is 110 Å². The summed E-state index contributed by atoms with van der Waals surface area (Å²) in [6, 6.07) is 0. The molecule has 1 aromatic rings. The van der Waals surface area contributed by atoms with Crippen LogP contribution in [-0.2, 0) is 10.0 Å². The summed E-state index contributed by atoms with van der Waals surface area (Å²) >= 11 is 5.47. The van der Waals surface area contributed by atoms with E-state index in [0.29, 0.717) is 0 Å². The van der Waals surface area contributed by atoms with Gasteiger partial charge in [-0.05, 0) is 11.6 Å². The van der Waals surface area contributed by atoms with Crippen LogP contribution in [0.3, 0.4) is 0 Å². The monoisotopic (exact) mass is 237 g/mol. The van der Waals surface area contributed by atoms with Crippen LogP contribution in [0, 0.1) is 0 Å². The van der Waals surface area contributed by atoms with Gasteiger partial charge in [0.05, 0.1) is 12.5 Å². The number of hydrogen-bond donors (Lipinski definition) is 3. The van der Waals surface area contributed by atoms with E-state index in [1.54, 1.807) is 0 Å². The number of sulfonamides is 1. The highest BCUT2D eigenvalue weighted by Crippen LogP contribution is 2.19. The lowest BCUT2D eigenvalue weighted by atomic mass is 10.5. The van der Waals surface area contributed by atoms with Crippen LogP contribution in [0.5, 0.6) is 0 Å². The molecule has 0 bridgehead atoms. The Kier molecular flexibility index (Phi) is 3.09. The fraction of sp³-hybridized carbons (Fsp3) is 0.200. The van der Waals surface area contributed by atoms with Gasteiger partial charge < -0.3 is 5.43 Å². The molecule has 14 heavy (non-hydrogen) atoms. The van der Waals surface area contributed by atoms with Gasteiger partial charge in [0.2, 0.25) is 15.3 Å². The lowest BCUT2D eigenvalue weighted by Gasteiger charge is -2.07. The maximum Gasteiger partial charge on any atom is 0.229 e. The van der Waals surface area contributed by atoms with Crippen LogP contribution in [0.2, 0.25) is 5.28 Å². The molecule has 0 aromatic carbocycles. The second-order valence-electron chi connectivity index (χ2n) is 2.42. The molecule has 4 N–H and O–H groups in total. The predicted molar refractivity (Wildman–Crippen MR) is 53.3 cm³/mol. The van der Waals surface area contributed by atoms with Gasteiger partial charge in [0.25, 0.3) is 0 Å². The van der Waals surface area contributed by atoms with Gasteiger partial charge in [-0.25, -0.2) is 19.2 Å². The highest BCUT2D eigenvalue weighted by Gasteiger charge is 2.09. The molecule has 0 saturated carbocycles. The molecule has 0 fully saturated rings. The average molecular weight is 238 g/mol. The number of aromatic nitrogens is 2. The molecule has 0 radical (unpaired) electrons. The highest BCUT2D eigenvalue weighted by atomic mass is 35.5. The molecular weight excluding hydrogens is 230 g/mol. The van der Waals surface area contributed by atoms with Gasteiger partial charge in [-0.1, -0.05) is 0 Å². The van der Waals surface area contributed by atoms with Crippen molar-refractivity contribution in [1.82, 2.24) is 9.97 Å². The second kappa shape index (κ2) is 3.95. The Hall–Kier alpha value is -1.12. The van der Waals surface area contributed by atoms with E-state index in [0.717, 1.165) is 6.26 Å². The van der Waals surface area contributed by atoms with E-state index < -0.39 is 10.0 Å². The molecule has 0 aliphatic rings. The maximum atomic E-state index is 10.9. The van der Waals surface area contributed by atoms with Gasteiger partial charge in [-0.2, -0.15) is 4.98 Å². The first-order valence-corrected chi connectivity index (χ1v) is 5.66. The zero-order chi connectivity index (χ0) is 10.8. The smallest absolute Gasteiger partial charge is 0.229 e. The number of nitrogens with two attached hydrogens (primary N) is 1. The van der Waals surface area contributed by atoms with Crippen molar-refractivity contribution in [2.75, 3.05) is 16.4 Å². The van der Waals surface area contributed by atoms with Gasteiger partial charge in [0, 0.05) is 0 Å². The van der Waals surface area contributed by atoms with E-state index in [-0.39, 0.29) is 16.8 Å². The molecule has 9 heteroatoms. The van der Waals surface area contributed by atoms with Crippen molar-refractivity contribution >= 4 is 33.1 Å². The van der Waals surface area contributed by atoms with Gasteiger partial charge in [0.15, 0.2) is 5.82 Å². The van der Waals surface area contributed by atoms with E-state index >= 15 is 0 Å². The fourth-order valence-corrected chi connectivity index (χ4v) is 1.43. The number of nitrogens with zero attached hydrogens (tertiary/aromatic N) is 2. The lowest BCUT2D eigenvalue weighted by molar-refractivity contribution is 0.607. The summed E-state index contributed by atoms with van der Waals surface area (Å²) in [6.07, 6.45) is 2.22. The third-order valence-corrected chi connectivity index (χ3v) is 1.96. The van der Waals surface area contributed by atoms with Crippen LogP contribution in [0.4, 0.5) is 11.5 Å². The first-order chi connectivity index (χ1) is 6.42. The van der Waals surface area contributed by atoms with Crippen molar-refractivity contribution in [2.24, 2.45) is 5.84 Å². The fourth-order valence-electron chi connectivity index (χ4n) is 0.745. The molecule has 1 aromatic heterocycles. The van der Waals surface area contributed by atoms with Crippen LogP contribution < -0.4 is 16.0 Å². The minimum atomic E-state index is -3.39. The van der Waals surface area contributed by atoms with E-state index in [9.17, 15) is 8.42 Å². The van der Waals surface area contributed by atoms with E-state index in [1.807, 2.05) is 0 Å². The Balaban J connectivity index is 3.09. The zero-order valence-corrected chi connectivity index (χ0v) is 8.72. The van der Waals surface area contributed by atoms with E-state index in [4.69, 9.17) is 17.4 Å². The summed E-state index contributed by atoms with van der Waals surface area (Å²) in [4.78, 5) is 7.27. The molecule has 1 rings (SSSR count). The number of anilines is 2. The number of hydrogen-bond acceptors (Lipinski definition) is 6. The largest absolute Gasteiger partial charge is 0.307 e. The summed E-state index contributed by atoms with van der Waals surface area (Å²) in [5.74, 6) is 5.21. The number of halogens is 1. The Labute approximate surface area is 85.7 Å². The van der Waals surface area contributed by atoms with Crippen molar-refractivity contribution in [3.8, 4) is 0 Å². The SMILES string of the molecule is CS(=O)(=O)Nc1cnc(Cl)nc1NN. The summed E-state index contributed by atoms with van der Waals surface area (Å²) in [7, 11) is -3.39. The Bertz CT molecular complexity index is 434. The molecule has 0 aliphatic heterocycles. The number of hydrazine groups is 1. The molecule has 0 amide bonds. The summed E-state index contributed by atoms with van der Waals surface area (Å²) in [6.45, 7) is 0. The van der Waals surface area contributed by atoms with Crippen LogP contribution in [0.25, 0.3) is 0 Å². The van der Waals surface area contributed by atoms with E-state index in [2.05, 4.69) is 20.1 Å². The summed E-state index contributed by atoms with van der Waals surface area (Å²) in [5.41, 5.74) is 2.33. The number of nitrogens with one attached hydrogen (secondary N) is 2. The first kappa shape index (κ1) is 11.0. The third-order valence-electron chi connectivity index (χ3n) is 1.19. The molecule has 0 spiro atoms. The molecule has 1 heterocycles. The quantitative estimate of drug-likeness (QED) is 0.381.